The third kappa shape index (κ3) is 2.19. The number of benzene rings is 1. The third-order valence-corrected chi connectivity index (χ3v) is 1.68. The average molecular weight is 164 g/mol. The predicted molar refractivity (Wildman–Crippen MR) is 48.5 cm³/mol. The summed E-state index contributed by atoms with van der Waals surface area (Å²) < 4.78 is 0. The first-order chi connectivity index (χ1) is 5.74. The SMILES string of the molecule is C=Cc1ccccc1CC(O)O. The smallest absolute Gasteiger partial charge is 0.155 e. The Bertz CT molecular complexity index is 266. The second-order valence-electron chi connectivity index (χ2n) is 2.59. The maximum atomic E-state index is 8.75. The fourth-order valence-electron chi connectivity index (χ4n) is 1.12. The molecule has 0 atom stereocenters. The van der Waals surface area contributed by atoms with E-state index in [9.17, 15) is 0 Å². The molecular formula is C10H12O2. The molecule has 0 amide bonds. The molecule has 0 fully saturated rings. The summed E-state index contributed by atoms with van der Waals surface area (Å²) in [5.41, 5.74) is 1.85. The van der Waals surface area contributed by atoms with Gasteiger partial charge < -0.3 is 10.2 Å². The fourth-order valence-corrected chi connectivity index (χ4v) is 1.12. The molecule has 2 N–H and O–H groups in total. The molecule has 64 valence electrons. The van der Waals surface area contributed by atoms with Gasteiger partial charge in [0.2, 0.25) is 0 Å². The Morgan fingerprint density at radius 2 is 2.00 bits per heavy atom. The van der Waals surface area contributed by atoms with Crippen LogP contribution in [0.15, 0.2) is 30.8 Å². The number of aliphatic hydroxyl groups excluding tert-OH is 1. The minimum atomic E-state index is -1.29. The van der Waals surface area contributed by atoms with Crippen LogP contribution in [-0.4, -0.2) is 16.5 Å². The van der Waals surface area contributed by atoms with Crippen molar-refractivity contribution in [2.24, 2.45) is 0 Å². The summed E-state index contributed by atoms with van der Waals surface area (Å²) >= 11 is 0. The van der Waals surface area contributed by atoms with Gasteiger partial charge in [0.05, 0.1) is 0 Å². The van der Waals surface area contributed by atoms with Crippen molar-refractivity contribution in [3.8, 4) is 0 Å². The average Bonchev–Trinajstić information content (AvgIpc) is 2.04. The maximum Gasteiger partial charge on any atom is 0.155 e. The van der Waals surface area contributed by atoms with Crippen molar-refractivity contribution in [3.05, 3.63) is 42.0 Å². The summed E-state index contributed by atoms with van der Waals surface area (Å²) in [5.74, 6) is 0. The van der Waals surface area contributed by atoms with E-state index in [0.717, 1.165) is 11.1 Å². The van der Waals surface area contributed by atoms with E-state index in [1.807, 2.05) is 24.3 Å². The summed E-state index contributed by atoms with van der Waals surface area (Å²) in [5, 5.41) is 17.5. The molecule has 0 spiro atoms. The molecule has 0 bridgehead atoms. The highest BCUT2D eigenvalue weighted by atomic mass is 16.5. The molecule has 0 aromatic heterocycles. The molecule has 1 rings (SSSR count). The zero-order valence-electron chi connectivity index (χ0n) is 6.77. The summed E-state index contributed by atoms with van der Waals surface area (Å²) in [4.78, 5) is 0. The quantitative estimate of drug-likeness (QED) is 0.659. The standard InChI is InChI=1S/C10H12O2/c1-2-8-5-3-4-6-9(8)7-10(11)12/h2-6,10-12H,1,7H2. The largest absolute Gasteiger partial charge is 0.368 e. The minimum Gasteiger partial charge on any atom is -0.368 e. The Balaban J connectivity index is 2.89. The van der Waals surface area contributed by atoms with E-state index in [-0.39, 0.29) is 6.42 Å². The Morgan fingerprint density at radius 1 is 1.33 bits per heavy atom. The molecule has 0 saturated heterocycles. The monoisotopic (exact) mass is 164 g/mol. The minimum absolute atomic E-state index is 0.252. The molecule has 0 aliphatic heterocycles. The molecule has 2 nitrogen and oxygen atoms in total. The first-order valence-corrected chi connectivity index (χ1v) is 3.80. The van der Waals surface area contributed by atoms with Crippen LogP contribution in [0.25, 0.3) is 6.08 Å². The predicted octanol–water partition coefficient (Wildman–Crippen LogP) is 1.18. The van der Waals surface area contributed by atoms with Gasteiger partial charge in [0.15, 0.2) is 6.29 Å². The highest BCUT2D eigenvalue weighted by Gasteiger charge is 2.02. The second-order valence-corrected chi connectivity index (χ2v) is 2.59. The maximum absolute atomic E-state index is 8.75. The highest BCUT2D eigenvalue weighted by Crippen LogP contribution is 2.11. The van der Waals surface area contributed by atoms with Gasteiger partial charge in [-0.3, -0.25) is 0 Å². The van der Waals surface area contributed by atoms with Crippen LogP contribution in [-0.2, 0) is 6.42 Å². The zero-order valence-corrected chi connectivity index (χ0v) is 6.77. The first kappa shape index (κ1) is 8.97. The summed E-state index contributed by atoms with van der Waals surface area (Å²) in [7, 11) is 0. The highest BCUT2D eigenvalue weighted by molar-refractivity contribution is 5.51. The number of rotatable bonds is 3. The van der Waals surface area contributed by atoms with Crippen molar-refractivity contribution >= 4 is 6.08 Å². The molecule has 12 heavy (non-hydrogen) atoms. The van der Waals surface area contributed by atoms with Crippen molar-refractivity contribution < 1.29 is 10.2 Å². The Kier molecular flexibility index (Phi) is 3.02. The van der Waals surface area contributed by atoms with Crippen molar-refractivity contribution in [1.82, 2.24) is 0 Å². The lowest BCUT2D eigenvalue weighted by molar-refractivity contribution is -0.0381. The lowest BCUT2D eigenvalue weighted by Crippen LogP contribution is -2.08. The van der Waals surface area contributed by atoms with Crippen LogP contribution in [0.2, 0.25) is 0 Å². The number of hydrogen-bond acceptors (Lipinski definition) is 2. The number of aliphatic hydroxyl groups is 2. The van der Waals surface area contributed by atoms with Crippen molar-refractivity contribution in [2.75, 3.05) is 0 Å². The molecule has 0 saturated carbocycles. The topological polar surface area (TPSA) is 40.5 Å². The van der Waals surface area contributed by atoms with E-state index < -0.39 is 6.29 Å². The van der Waals surface area contributed by atoms with E-state index in [0.29, 0.717) is 0 Å². The molecule has 1 aromatic carbocycles. The van der Waals surface area contributed by atoms with Crippen molar-refractivity contribution in [3.63, 3.8) is 0 Å². The molecule has 2 heteroatoms. The van der Waals surface area contributed by atoms with E-state index in [4.69, 9.17) is 10.2 Å². The normalized spacial score (nSPS) is 10.2. The van der Waals surface area contributed by atoms with Gasteiger partial charge in [0.25, 0.3) is 0 Å². The van der Waals surface area contributed by atoms with Gasteiger partial charge in [0.1, 0.15) is 0 Å². The van der Waals surface area contributed by atoms with Crippen LogP contribution in [0.5, 0.6) is 0 Å². The van der Waals surface area contributed by atoms with Gasteiger partial charge in [-0.2, -0.15) is 0 Å². The van der Waals surface area contributed by atoms with Crippen molar-refractivity contribution in [2.45, 2.75) is 12.7 Å². The van der Waals surface area contributed by atoms with Crippen LogP contribution >= 0.6 is 0 Å². The Morgan fingerprint density at radius 3 is 2.58 bits per heavy atom. The second kappa shape index (κ2) is 4.04. The fraction of sp³-hybridized carbons (Fsp3) is 0.200. The van der Waals surface area contributed by atoms with Crippen LogP contribution < -0.4 is 0 Å². The van der Waals surface area contributed by atoms with Gasteiger partial charge in [0, 0.05) is 6.42 Å². The molecule has 0 unspecified atom stereocenters. The summed E-state index contributed by atoms with van der Waals surface area (Å²) in [6, 6.07) is 7.51. The van der Waals surface area contributed by atoms with Crippen LogP contribution in [0.3, 0.4) is 0 Å². The molecular weight excluding hydrogens is 152 g/mol. The lowest BCUT2D eigenvalue weighted by atomic mass is 10.0. The molecule has 0 aliphatic carbocycles. The van der Waals surface area contributed by atoms with E-state index in [2.05, 4.69) is 6.58 Å². The van der Waals surface area contributed by atoms with Crippen molar-refractivity contribution in [1.29, 1.82) is 0 Å². The molecule has 0 radical (unpaired) electrons. The van der Waals surface area contributed by atoms with Gasteiger partial charge in [-0.05, 0) is 11.1 Å². The zero-order chi connectivity index (χ0) is 8.97. The Labute approximate surface area is 71.8 Å². The third-order valence-electron chi connectivity index (χ3n) is 1.68. The van der Waals surface area contributed by atoms with Crippen LogP contribution in [0.1, 0.15) is 11.1 Å². The van der Waals surface area contributed by atoms with Gasteiger partial charge in [-0.15, -0.1) is 0 Å². The van der Waals surface area contributed by atoms with E-state index >= 15 is 0 Å². The van der Waals surface area contributed by atoms with E-state index in [1.54, 1.807) is 6.08 Å². The lowest BCUT2D eigenvalue weighted by Gasteiger charge is -2.06. The van der Waals surface area contributed by atoms with Crippen LogP contribution in [0.4, 0.5) is 0 Å². The Hall–Kier alpha value is -1.12. The van der Waals surface area contributed by atoms with Gasteiger partial charge in [-0.25, -0.2) is 0 Å². The van der Waals surface area contributed by atoms with Gasteiger partial charge in [-0.1, -0.05) is 36.9 Å². The first-order valence-electron chi connectivity index (χ1n) is 3.80. The summed E-state index contributed by atoms with van der Waals surface area (Å²) in [6.45, 7) is 3.64. The summed E-state index contributed by atoms with van der Waals surface area (Å²) in [6.07, 6.45) is 0.672. The van der Waals surface area contributed by atoms with Gasteiger partial charge >= 0.3 is 0 Å². The molecule has 1 aromatic rings. The van der Waals surface area contributed by atoms with Crippen LogP contribution in [0, 0.1) is 0 Å². The molecule has 0 aliphatic rings. The number of hydrogen-bond donors (Lipinski definition) is 2. The molecule has 0 heterocycles. The van der Waals surface area contributed by atoms with E-state index in [1.165, 1.54) is 0 Å².